The van der Waals surface area contributed by atoms with Crippen molar-refractivity contribution in [3.63, 3.8) is 0 Å². The summed E-state index contributed by atoms with van der Waals surface area (Å²) in [5, 5.41) is 13.1. The standard InChI is InChI=1S/C12H12N2O2/c1-9(12(15)16)10-5-2-3-6-11(10)14-8-4-7-13-14/h2-9H,1H3,(H,15,16). The van der Waals surface area contributed by atoms with Crippen LogP contribution in [0.4, 0.5) is 0 Å². The molecule has 0 saturated carbocycles. The third kappa shape index (κ3) is 1.82. The second-order valence-electron chi connectivity index (χ2n) is 3.57. The highest BCUT2D eigenvalue weighted by atomic mass is 16.4. The van der Waals surface area contributed by atoms with E-state index in [4.69, 9.17) is 5.11 Å². The predicted octanol–water partition coefficient (Wildman–Crippen LogP) is 2.06. The average Bonchev–Trinajstić information content (AvgIpc) is 2.81. The van der Waals surface area contributed by atoms with Gasteiger partial charge in [-0.3, -0.25) is 4.79 Å². The smallest absolute Gasteiger partial charge is 0.310 e. The molecule has 0 saturated heterocycles. The van der Waals surface area contributed by atoms with Gasteiger partial charge >= 0.3 is 5.97 Å². The van der Waals surface area contributed by atoms with Crippen molar-refractivity contribution in [3.8, 4) is 5.69 Å². The lowest BCUT2D eigenvalue weighted by molar-refractivity contribution is -0.138. The first kappa shape index (κ1) is 10.4. The van der Waals surface area contributed by atoms with Crippen molar-refractivity contribution in [2.75, 3.05) is 0 Å². The molecular weight excluding hydrogens is 204 g/mol. The van der Waals surface area contributed by atoms with Crippen LogP contribution in [0.2, 0.25) is 0 Å². The van der Waals surface area contributed by atoms with E-state index in [1.807, 2.05) is 30.3 Å². The van der Waals surface area contributed by atoms with Crippen molar-refractivity contribution < 1.29 is 9.90 Å². The number of para-hydroxylation sites is 1. The van der Waals surface area contributed by atoms with Gasteiger partial charge in [0, 0.05) is 12.4 Å². The zero-order valence-electron chi connectivity index (χ0n) is 8.87. The molecule has 2 aromatic rings. The molecule has 82 valence electrons. The van der Waals surface area contributed by atoms with Crippen LogP contribution >= 0.6 is 0 Å². The summed E-state index contributed by atoms with van der Waals surface area (Å²) in [6.45, 7) is 1.67. The SMILES string of the molecule is CC(C(=O)O)c1ccccc1-n1cccn1. The van der Waals surface area contributed by atoms with E-state index in [0.29, 0.717) is 0 Å². The normalized spacial score (nSPS) is 12.3. The van der Waals surface area contributed by atoms with Gasteiger partial charge in [-0.1, -0.05) is 18.2 Å². The second-order valence-corrected chi connectivity index (χ2v) is 3.57. The number of aromatic nitrogens is 2. The van der Waals surface area contributed by atoms with Crippen LogP contribution in [0.5, 0.6) is 0 Å². The monoisotopic (exact) mass is 216 g/mol. The number of carbonyl (C=O) groups is 1. The van der Waals surface area contributed by atoms with Crippen molar-refractivity contribution in [1.29, 1.82) is 0 Å². The number of aliphatic carboxylic acids is 1. The van der Waals surface area contributed by atoms with E-state index < -0.39 is 11.9 Å². The summed E-state index contributed by atoms with van der Waals surface area (Å²) in [6.07, 6.45) is 3.47. The van der Waals surface area contributed by atoms with E-state index in [0.717, 1.165) is 11.3 Å². The molecule has 4 heteroatoms. The van der Waals surface area contributed by atoms with Crippen molar-refractivity contribution in [2.24, 2.45) is 0 Å². The second kappa shape index (κ2) is 4.18. The van der Waals surface area contributed by atoms with E-state index in [2.05, 4.69) is 5.10 Å². The number of carboxylic acids is 1. The van der Waals surface area contributed by atoms with Gasteiger partial charge in [-0.2, -0.15) is 5.10 Å². The molecule has 0 fully saturated rings. The van der Waals surface area contributed by atoms with Crippen molar-refractivity contribution in [3.05, 3.63) is 48.3 Å². The van der Waals surface area contributed by atoms with E-state index in [1.54, 1.807) is 24.0 Å². The molecule has 2 rings (SSSR count). The molecule has 0 amide bonds. The molecule has 1 aromatic carbocycles. The molecule has 0 spiro atoms. The summed E-state index contributed by atoms with van der Waals surface area (Å²) in [5.74, 6) is -1.37. The van der Waals surface area contributed by atoms with Crippen LogP contribution in [0.1, 0.15) is 18.4 Å². The van der Waals surface area contributed by atoms with Gasteiger partial charge in [0.15, 0.2) is 0 Å². The highest BCUT2D eigenvalue weighted by Gasteiger charge is 2.17. The number of rotatable bonds is 3. The quantitative estimate of drug-likeness (QED) is 0.854. The number of hydrogen-bond donors (Lipinski definition) is 1. The van der Waals surface area contributed by atoms with Crippen molar-refractivity contribution >= 4 is 5.97 Å². The van der Waals surface area contributed by atoms with Gasteiger partial charge < -0.3 is 5.11 Å². The fourth-order valence-electron chi connectivity index (χ4n) is 1.61. The van der Waals surface area contributed by atoms with Gasteiger partial charge in [0.05, 0.1) is 11.6 Å². The summed E-state index contributed by atoms with van der Waals surface area (Å²) < 4.78 is 1.68. The number of carboxylic acid groups (broad SMARTS) is 1. The minimum Gasteiger partial charge on any atom is -0.481 e. The number of benzene rings is 1. The highest BCUT2D eigenvalue weighted by molar-refractivity contribution is 5.77. The predicted molar refractivity (Wildman–Crippen MR) is 59.6 cm³/mol. The first-order valence-electron chi connectivity index (χ1n) is 5.02. The molecule has 4 nitrogen and oxygen atoms in total. The molecule has 16 heavy (non-hydrogen) atoms. The average molecular weight is 216 g/mol. The van der Waals surface area contributed by atoms with Crippen molar-refractivity contribution in [1.82, 2.24) is 9.78 Å². The molecule has 1 N–H and O–H groups in total. The van der Waals surface area contributed by atoms with E-state index in [1.165, 1.54) is 0 Å². The van der Waals surface area contributed by atoms with E-state index in [9.17, 15) is 4.79 Å². The van der Waals surface area contributed by atoms with Gasteiger partial charge in [-0.05, 0) is 24.6 Å². The Kier molecular flexibility index (Phi) is 2.72. The first-order chi connectivity index (χ1) is 7.70. The van der Waals surface area contributed by atoms with Gasteiger partial charge in [-0.25, -0.2) is 4.68 Å². The molecule has 1 unspecified atom stereocenters. The maximum atomic E-state index is 11.0. The minimum absolute atomic E-state index is 0.541. The zero-order chi connectivity index (χ0) is 11.5. The Morgan fingerprint density at radius 1 is 1.38 bits per heavy atom. The molecular formula is C12H12N2O2. The number of nitrogens with zero attached hydrogens (tertiary/aromatic N) is 2. The summed E-state index contributed by atoms with van der Waals surface area (Å²) >= 11 is 0. The topological polar surface area (TPSA) is 55.1 Å². The van der Waals surface area contributed by atoms with Gasteiger partial charge in [-0.15, -0.1) is 0 Å². The molecule has 0 aliphatic rings. The molecule has 0 bridgehead atoms. The lowest BCUT2D eigenvalue weighted by atomic mass is 9.99. The molecule has 1 aromatic heterocycles. The summed E-state index contributed by atoms with van der Waals surface area (Å²) in [6, 6.07) is 9.19. The summed E-state index contributed by atoms with van der Waals surface area (Å²) in [4.78, 5) is 11.0. The molecule has 0 radical (unpaired) electrons. The maximum Gasteiger partial charge on any atom is 0.310 e. The Morgan fingerprint density at radius 2 is 2.12 bits per heavy atom. The Morgan fingerprint density at radius 3 is 2.75 bits per heavy atom. The van der Waals surface area contributed by atoms with Crippen LogP contribution in [0, 0.1) is 0 Å². The maximum absolute atomic E-state index is 11.0. The Hall–Kier alpha value is -2.10. The van der Waals surface area contributed by atoms with Gasteiger partial charge in [0.25, 0.3) is 0 Å². The lowest BCUT2D eigenvalue weighted by Gasteiger charge is -2.12. The largest absolute Gasteiger partial charge is 0.481 e. The van der Waals surface area contributed by atoms with Crippen molar-refractivity contribution in [2.45, 2.75) is 12.8 Å². The van der Waals surface area contributed by atoms with Gasteiger partial charge in [0.1, 0.15) is 0 Å². The summed E-state index contributed by atoms with van der Waals surface area (Å²) in [5.41, 5.74) is 1.57. The van der Waals surface area contributed by atoms with Crippen LogP contribution in [0.3, 0.4) is 0 Å². The molecule has 0 aliphatic carbocycles. The fourth-order valence-corrected chi connectivity index (χ4v) is 1.61. The van der Waals surface area contributed by atoms with Gasteiger partial charge in [0.2, 0.25) is 0 Å². The zero-order valence-corrected chi connectivity index (χ0v) is 8.87. The third-order valence-corrected chi connectivity index (χ3v) is 2.52. The highest BCUT2D eigenvalue weighted by Crippen LogP contribution is 2.22. The minimum atomic E-state index is -0.834. The van der Waals surface area contributed by atoms with Crippen LogP contribution in [-0.2, 0) is 4.79 Å². The molecule has 0 aliphatic heterocycles. The van der Waals surface area contributed by atoms with Crippen LogP contribution in [-0.4, -0.2) is 20.9 Å². The summed E-state index contributed by atoms with van der Waals surface area (Å²) in [7, 11) is 0. The first-order valence-corrected chi connectivity index (χ1v) is 5.02. The van der Waals surface area contributed by atoms with E-state index >= 15 is 0 Å². The molecule has 1 atom stereocenters. The van der Waals surface area contributed by atoms with Crippen LogP contribution in [0.25, 0.3) is 5.69 Å². The lowest BCUT2D eigenvalue weighted by Crippen LogP contribution is -2.11. The Labute approximate surface area is 93.1 Å². The van der Waals surface area contributed by atoms with Crippen LogP contribution in [0.15, 0.2) is 42.7 Å². The Balaban J connectivity index is 2.50. The fraction of sp³-hybridized carbons (Fsp3) is 0.167. The van der Waals surface area contributed by atoms with Crippen LogP contribution < -0.4 is 0 Å². The van der Waals surface area contributed by atoms with E-state index in [-0.39, 0.29) is 0 Å². The Bertz CT molecular complexity index is 491. The molecule has 1 heterocycles. The number of hydrogen-bond acceptors (Lipinski definition) is 2. The third-order valence-electron chi connectivity index (χ3n) is 2.52.